The molecule has 0 fully saturated rings. The fourth-order valence-corrected chi connectivity index (χ4v) is 3.35. The Kier molecular flexibility index (Phi) is 7.88. The van der Waals surface area contributed by atoms with Gasteiger partial charge in [0, 0.05) is 11.9 Å². The van der Waals surface area contributed by atoms with Gasteiger partial charge in [0.05, 0.1) is 30.0 Å². The largest absolute Gasteiger partial charge is 0.495 e. The Balaban J connectivity index is 1.90. The number of carbonyl (C=O) groups is 1. The summed E-state index contributed by atoms with van der Waals surface area (Å²) in [4.78, 5) is 19.1. The Morgan fingerprint density at radius 1 is 1.32 bits per heavy atom. The number of benzene rings is 1. The molecule has 0 radical (unpaired) electrons. The minimum atomic E-state index is -0.0483. The van der Waals surface area contributed by atoms with Crippen molar-refractivity contribution < 1.29 is 9.53 Å². The summed E-state index contributed by atoms with van der Waals surface area (Å²) in [5, 5.41) is 6.21. The van der Waals surface area contributed by atoms with Crippen molar-refractivity contribution >= 4 is 22.9 Å². The number of aryl methyl sites for hydroxylation is 1. The summed E-state index contributed by atoms with van der Waals surface area (Å²) in [6.45, 7) is 6.06. The number of hydrogen-bond acceptors (Lipinski definition) is 5. The second-order valence-electron chi connectivity index (χ2n) is 5.89. The van der Waals surface area contributed by atoms with Crippen LogP contribution in [0.4, 0.5) is 5.69 Å². The number of hydrogen-bond donors (Lipinski definition) is 1. The van der Waals surface area contributed by atoms with Crippen molar-refractivity contribution in [1.82, 2.24) is 9.88 Å². The molecule has 5 nitrogen and oxygen atoms in total. The van der Waals surface area contributed by atoms with Crippen molar-refractivity contribution in [3.8, 4) is 5.75 Å². The average Bonchev–Trinajstić information content (AvgIpc) is 3.07. The molecule has 2 aromatic rings. The Morgan fingerprint density at radius 2 is 2.12 bits per heavy atom. The van der Waals surface area contributed by atoms with Crippen LogP contribution < -0.4 is 10.1 Å². The molecule has 6 heteroatoms. The van der Waals surface area contributed by atoms with Crippen LogP contribution in [-0.2, 0) is 17.8 Å². The molecule has 0 saturated heterocycles. The lowest BCUT2D eigenvalue weighted by atomic mass is 10.2. The highest BCUT2D eigenvalue weighted by Crippen LogP contribution is 2.23. The molecule has 0 bridgehead atoms. The number of methoxy groups -OCH3 is 1. The Labute approximate surface area is 154 Å². The third kappa shape index (κ3) is 6.14. The summed E-state index contributed by atoms with van der Waals surface area (Å²) in [6.07, 6.45) is 3.40. The molecule has 136 valence electrons. The number of likely N-dealkylation sites (N-methyl/N-ethyl adjacent to an activating group) is 1. The predicted molar refractivity (Wildman–Crippen MR) is 103 cm³/mol. The summed E-state index contributed by atoms with van der Waals surface area (Å²) in [5.74, 6) is 0.617. The van der Waals surface area contributed by atoms with Crippen LogP contribution in [0, 0.1) is 0 Å². The predicted octanol–water partition coefficient (Wildman–Crippen LogP) is 3.95. The second kappa shape index (κ2) is 10.2. The maximum atomic E-state index is 12.4. The first-order chi connectivity index (χ1) is 12.2. The summed E-state index contributed by atoms with van der Waals surface area (Å²) >= 11 is 1.71. The van der Waals surface area contributed by atoms with Crippen molar-refractivity contribution in [2.75, 3.05) is 25.5 Å². The Bertz CT molecular complexity index is 672. The highest BCUT2D eigenvalue weighted by molar-refractivity contribution is 7.09. The Morgan fingerprint density at radius 3 is 2.84 bits per heavy atom. The number of nitrogens with zero attached hydrogens (tertiary/aromatic N) is 2. The van der Waals surface area contributed by atoms with E-state index in [1.807, 2.05) is 24.3 Å². The van der Waals surface area contributed by atoms with Gasteiger partial charge in [-0.3, -0.25) is 9.69 Å². The van der Waals surface area contributed by atoms with E-state index in [-0.39, 0.29) is 5.91 Å². The maximum absolute atomic E-state index is 12.4. The first-order valence-electron chi connectivity index (χ1n) is 8.74. The Hall–Kier alpha value is -1.92. The van der Waals surface area contributed by atoms with Crippen LogP contribution in [-0.4, -0.2) is 36.0 Å². The number of thiazole rings is 1. The minimum Gasteiger partial charge on any atom is -0.495 e. The number of nitrogens with one attached hydrogen (secondary N) is 1. The van der Waals surface area contributed by atoms with Gasteiger partial charge < -0.3 is 10.1 Å². The van der Waals surface area contributed by atoms with Crippen molar-refractivity contribution in [3.63, 3.8) is 0 Å². The van der Waals surface area contributed by atoms with E-state index in [9.17, 15) is 4.79 Å². The van der Waals surface area contributed by atoms with Gasteiger partial charge >= 0.3 is 0 Å². The minimum absolute atomic E-state index is 0.0483. The summed E-state index contributed by atoms with van der Waals surface area (Å²) in [5.41, 5.74) is 1.74. The number of amides is 1. The molecule has 0 aliphatic carbocycles. The van der Waals surface area contributed by atoms with Gasteiger partial charge in [-0.15, -0.1) is 11.3 Å². The number of para-hydroxylation sites is 2. The normalized spacial score (nSPS) is 10.9. The van der Waals surface area contributed by atoms with E-state index < -0.39 is 0 Å². The molecule has 0 aliphatic rings. The molecule has 0 unspecified atom stereocenters. The van der Waals surface area contributed by atoms with Crippen molar-refractivity contribution in [3.05, 3.63) is 40.3 Å². The lowest BCUT2D eigenvalue weighted by Crippen LogP contribution is -2.33. The van der Waals surface area contributed by atoms with E-state index >= 15 is 0 Å². The second-order valence-corrected chi connectivity index (χ2v) is 6.83. The maximum Gasteiger partial charge on any atom is 0.238 e. The fourth-order valence-electron chi connectivity index (χ4n) is 2.51. The van der Waals surface area contributed by atoms with Gasteiger partial charge in [-0.05, 0) is 31.5 Å². The third-order valence-electron chi connectivity index (χ3n) is 3.92. The number of rotatable bonds is 10. The molecule has 1 heterocycles. The monoisotopic (exact) mass is 361 g/mol. The van der Waals surface area contributed by atoms with Gasteiger partial charge in [0.2, 0.25) is 5.91 Å². The highest BCUT2D eigenvalue weighted by atomic mass is 32.1. The average molecular weight is 362 g/mol. The molecule has 1 aromatic carbocycles. The van der Waals surface area contributed by atoms with Crippen LogP contribution in [0.5, 0.6) is 5.75 Å². The third-order valence-corrected chi connectivity index (χ3v) is 4.88. The lowest BCUT2D eigenvalue weighted by molar-refractivity contribution is -0.117. The standard InChI is InChI=1S/C19H27N3O2S/c1-4-6-11-19-20-15(14-25-19)12-22(5-2)13-18(23)21-16-9-7-8-10-17(16)24-3/h7-10,14H,4-6,11-13H2,1-3H3,(H,21,23). The SMILES string of the molecule is CCCCc1nc(CN(CC)CC(=O)Nc2ccccc2OC)cs1. The van der Waals surface area contributed by atoms with Crippen LogP contribution >= 0.6 is 11.3 Å². The van der Waals surface area contributed by atoms with Gasteiger partial charge in [0.1, 0.15) is 5.75 Å². The van der Waals surface area contributed by atoms with E-state index in [1.165, 1.54) is 17.8 Å². The lowest BCUT2D eigenvalue weighted by Gasteiger charge is -2.19. The molecule has 0 spiro atoms. The molecule has 2 rings (SSSR count). The van der Waals surface area contributed by atoms with E-state index in [2.05, 4.69) is 34.4 Å². The van der Waals surface area contributed by atoms with Crippen LogP contribution in [0.1, 0.15) is 37.4 Å². The molecule has 0 saturated carbocycles. The number of anilines is 1. The zero-order chi connectivity index (χ0) is 18.1. The summed E-state index contributed by atoms with van der Waals surface area (Å²) < 4.78 is 5.27. The highest BCUT2D eigenvalue weighted by Gasteiger charge is 2.13. The molecular formula is C19H27N3O2S. The van der Waals surface area contributed by atoms with Crippen LogP contribution in [0.25, 0.3) is 0 Å². The van der Waals surface area contributed by atoms with Crippen LogP contribution in [0.15, 0.2) is 29.6 Å². The van der Waals surface area contributed by atoms with Crippen molar-refractivity contribution in [2.24, 2.45) is 0 Å². The molecule has 1 aromatic heterocycles. The molecule has 25 heavy (non-hydrogen) atoms. The zero-order valence-electron chi connectivity index (χ0n) is 15.2. The van der Waals surface area contributed by atoms with E-state index in [0.717, 1.165) is 18.7 Å². The van der Waals surface area contributed by atoms with Gasteiger partial charge in [0.25, 0.3) is 0 Å². The summed E-state index contributed by atoms with van der Waals surface area (Å²) in [7, 11) is 1.60. The number of unbranched alkanes of at least 4 members (excludes halogenated alkanes) is 1. The molecule has 1 amide bonds. The van der Waals surface area contributed by atoms with Crippen LogP contribution in [0.3, 0.4) is 0 Å². The smallest absolute Gasteiger partial charge is 0.238 e. The topological polar surface area (TPSA) is 54.5 Å². The van der Waals surface area contributed by atoms with E-state index in [4.69, 9.17) is 4.74 Å². The van der Waals surface area contributed by atoms with Gasteiger partial charge in [0.15, 0.2) is 0 Å². The van der Waals surface area contributed by atoms with Gasteiger partial charge in [-0.25, -0.2) is 4.98 Å². The fraction of sp³-hybridized carbons (Fsp3) is 0.474. The molecule has 0 aliphatic heterocycles. The zero-order valence-corrected chi connectivity index (χ0v) is 16.1. The quantitative estimate of drug-likeness (QED) is 0.696. The van der Waals surface area contributed by atoms with E-state index in [0.29, 0.717) is 24.5 Å². The van der Waals surface area contributed by atoms with E-state index in [1.54, 1.807) is 18.4 Å². The number of carbonyl (C=O) groups excluding carboxylic acids is 1. The number of aromatic nitrogens is 1. The number of ether oxygens (including phenoxy) is 1. The van der Waals surface area contributed by atoms with Gasteiger partial charge in [-0.1, -0.05) is 32.4 Å². The molecular weight excluding hydrogens is 334 g/mol. The van der Waals surface area contributed by atoms with Crippen LogP contribution in [0.2, 0.25) is 0 Å². The van der Waals surface area contributed by atoms with Crippen molar-refractivity contribution in [2.45, 2.75) is 39.7 Å². The molecule has 0 atom stereocenters. The van der Waals surface area contributed by atoms with Crippen molar-refractivity contribution in [1.29, 1.82) is 0 Å². The first-order valence-corrected chi connectivity index (χ1v) is 9.62. The van der Waals surface area contributed by atoms with Gasteiger partial charge in [-0.2, -0.15) is 0 Å². The first kappa shape index (κ1) is 19.4. The molecule has 1 N–H and O–H groups in total. The summed E-state index contributed by atoms with van der Waals surface area (Å²) in [6, 6.07) is 7.43.